The molecule has 0 heterocycles. The minimum atomic E-state index is -0.0967. The predicted octanol–water partition coefficient (Wildman–Crippen LogP) is 1.33. The molecule has 0 bridgehead atoms. The Morgan fingerprint density at radius 2 is 2.40 bits per heavy atom. The quantitative estimate of drug-likeness (QED) is 0.512. The smallest absolute Gasteiger partial charge is 0.308 e. The maximum Gasteiger partial charge on any atom is 0.308 e. The fraction of sp³-hybridized carbons (Fsp3) is 0.500. The van der Waals surface area contributed by atoms with Crippen LogP contribution in [0.3, 0.4) is 0 Å². The Balaban J connectivity index is 2.41. The fourth-order valence-electron chi connectivity index (χ4n) is 1.04. The van der Waals surface area contributed by atoms with E-state index in [9.17, 15) is 4.79 Å². The summed E-state index contributed by atoms with van der Waals surface area (Å²) in [4.78, 5) is 10.9. The van der Waals surface area contributed by atoms with Gasteiger partial charge >= 0.3 is 5.97 Å². The summed E-state index contributed by atoms with van der Waals surface area (Å²) in [6.45, 7) is 0. The lowest BCUT2D eigenvalue weighted by Crippen LogP contribution is -2.16. The van der Waals surface area contributed by atoms with Crippen LogP contribution in [0, 0.1) is 12.3 Å². The van der Waals surface area contributed by atoms with Gasteiger partial charge in [0, 0.05) is 0 Å². The molecule has 1 atom stereocenters. The first-order valence-electron chi connectivity index (χ1n) is 3.40. The van der Waals surface area contributed by atoms with Crippen LogP contribution < -0.4 is 0 Å². The van der Waals surface area contributed by atoms with Crippen molar-refractivity contribution in [3.63, 3.8) is 0 Å². The molecule has 10 heavy (non-hydrogen) atoms. The highest BCUT2D eigenvalue weighted by Crippen LogP contribution is 2.17. The number of hydrogen-bond donors (Lipinski definition) is 0. The molecule has 1 aliphatic carbocycles. The number of carbonyl (C=O) groups is 1. The summed E-state index contributed by atoms with van der Waals surface area (Å²) in [7, 11) is 1.43. The lowest BCUT2D eigenvalue weighted by molar-refractivity contribution is -0.145. The van der Waals surface area contributed by atoms with Gasteiger partial charge in [-0.05, 0) is 19.3 Å². The standard InChI is InChI=1S/C8H11O2/c1-10-8(9)7-5-3-2-4-6-7/h2-4,7H,5-6H2,1H3. The van der Waals surface area contributed by atoms with Gasteiger partial charge in [-0.1, -0.05) is 12.2 Å². The summed E-state index contributed by atoms with van der Waals surface area (Å²) < 4.78 is 4.60. The van der Waals surface area contributed by atoms with Gasteiger partial charge in [0.25, 0.3) is 0 Å². The van der Waals surface area contributed by atoms with Crippen molar-refractivity contribution in [2.75, 3.05) is 7.11 Å². The molecule has 55 valence electrons. The molecule has 0 saturated heterocycles. The Bertz CT molecular complexity index is 149. The van der Waals surface area contributed by atoms with Gasteiger partial charge in [-0.25, -0.2) is 0 Å². The summed E-state index contributed by atoms with van der Waals surface area (Å²) in [5.74, 6) is -0.0319. The van der Waals surface area contributed by atoms with Gasteiger partial charge < -0.3 is 4.74 Å². The average Bonchev–Trinajstić information content (AvgIpc) is 2.05. The molecule has 0 spiro atoms. The van der Waals surface area contributed by atoms with Crippen LogP contribution in [-0.4, -0.2) is 13.1 Å². The molecule has 1 aliphatic rings. The minimum absolute atomic E-state index is 0.0648. The van der Waals surface area contributed by atoms with Gasteiger partial charge in [0.1, 0.15) is 0 Å². The predicted molar refractivity (Wildman–Crippen MR) is 38.2 cm³/mol. The van der Waals surface area contributed by atoms with Gasteiger partial charge in [-0.2, -0.15) is 0 Å². The number of carbonyl (C=O) groups excluding carboxylic acids is 1. The number of hydrogen-bond acceptors (Lipinski definition) is 2. The van der Waals surface area contributed by atoms with E-state index in [0.717, 1.165) is 12.8 Å². The molecule has 0 amide bonds. The van der Waals surface area contributed by atoms with Crippen molar-refractivity contribution in [2.24, 2.45) is 5.92 Å². The molecule has 0 aromatic rings. The summed E-state index contributed by atoms with van der Waals surface area (Å²) in [6, 6.07) is 0. The van der Waals surface area contributed by atoms with Crippen LogP contribution in [0.2, 0.25) is 0 Å². The highest BCUT2D eigenvalue weighted by Gasteiger charge is 2.18. The third-order valence-corrected chi connectivity index (χ3v) is 1.65. The summed E-state index contributed by atoms with van der Waals surface area (Å²) in [6.07, 6.45) is 7.61. The largest absolute Gasteiger partial charge is 0.469 e. The van der Waals surface area contributed by atoms with Crippen molar-refractivity contribution >= 4 is 5.97 Å². The summed E-state index contributed by atoms with van der Waals surface area (Å²) in [5.41, 5.74) is 0. The van der Waals surface area contributed by atoms with Crippen molar-refractivity contribution in [3.8, 4) is 0 Å². The molecule has 0 aliphatic heterocycles. The van der Waals surface area contributed by atoms with Crippen LogP contribution in [-0.2, 0) is 9.53 Å². The lowest BCUT2D eigenvalue weighted by Gasteiger charge is -2.13. The highest BCUT2D eigenvalue weighted by molar-refractivity contribution is 5.72. The molecule has 1 unspecified atom stereocenters. The van der Waals surface area contributed by atoms with Gasteiger partial charge in [-0.15, -0.1) is 0 Å². The second-order valence-corrected chi connectivity index (χ2v) is 2.36. The van der Waals surface area contributed by atoms with Crippen LogP contribution in [0.25, 0.3) is 0 Å². The van der Waals surface area contributed by atoms with E-state index in [4.69, 9.17) is 0 Å². The first kappa shape index (κ1) is 7.32. The zero-order valence-electron chi connectivity index (χ0n) is 6.04. The van der Waals surface area contributed by atoms with E-state index in [1.165, 1.54) is 7.11 Å². The van der Waals surface area contributed by atoms with Crippen molar-refractivity contribution in [1.82, 2.24) is 0 Å². The molecule has 2 heteroatoms. The maximum absolute atomic E-state index is 10.9. The Kier molecular flexibility index (Phi) is 2.49. The molecule has 1 radical (unpaired) electrons. The van der Waals surface area contributed by atoms with E-state index >= 15 is 0 Å². The van der Waals surface area contributed by atoms with Crippen molar-refractivity contribution in [2.45, 2.75) is 12.8 Å². The summed E-state index contributed by atoms with van der Waals surface area (Å²) >= 11 is 0. The number of methoxy groups -OCH3 is 1. The van der Waals surface area contributed by atoms with Gasteiger partial charge in [0.15, 0.2) is 0 Å². The number of esters is 1. The highest BCUT2D eigenvalue weighted by atomic mass is 16.5. The number of ether oxygens (including phenoxy) is 1. The van der Waals surface area contributed by atoms with Crippen molar-refractivity contribution < 1.29 is 9.53 Å². The van der Waals surface area contributed by atoms with Gasteiger partial charge in [-0.3, -0.25) is 4.79 Å². The molecule has 0 aromatic carbocycles. The molecule has 2 nitrogen and oxygen atoms in total. The van der Waals surface area contributed by atoms with Gasteiger partial charge in [0.05, 0.1) is 13.0 Å². The maximum atomic E-state index is 10.9. The SMILES string of the molecule is COC(=O)C1C[CH]C=CC1. The monoisotopic (exact) mass is 139 g/mol. The van der Waals surface area contributed by atoms with Gasteiger partial charge in [0.2, 0.25) is 0 Å². The molecule has 1 rings (SSSR count). The van der Waals surface area contributed by atoms with E-state index in [0.29, 0.717) is 0 Å². The zero-order chi connectivity index (χ0) is 7.40. The molecule has 0 fully saturated rings. The minimum Gasteiger partial charge on any atom is -0.469 e. The Morgan fingerprint density at radius 1 is 1.60 bits per heavy atom. The second-order valence-electron chi connectivity index (χ2n) is 2.36. The van der Waals surface area contributed by atoms with Crippen molar-refractivity contribution in [3.05, 3.63) is 18.6 Å². The summed E-state index contributed by atoms with van der Waals surface area (Å²) in [5, 5.41) is 0. The molecule has 0 saturated carbocycles. The van der Waals surface area contributed by atoms with Crippen LogP contribution in [0.5, 0.6) is 0 Å². The van der Waals surface area contributed by atoms with E-state index < -0.39 is 0 Å². The van der Waals surface area contributed by atoms with Crippen LogP contribution >= 0.6 is 0 Å². The van der Waals surface area contributed by atoms with E-state index in [2.05, 4.69) is 4.74 Å². The third-order valence-electron chi connectivity index (χ3n) is 1.65. The Hall–Kier alpha value is -0.790. The molecular weight excluding hydrogens is 128 g/mol. The van der Waals surface area contributed by atoms with Crippen LogP contribution in [0.1, 0.15) is 12.8 Å². The first-order valence-corrected chi connectivity index (χ1v) is 3.40. The van der Waals surface area contributed by atoms with E-state index in [-0.39, 0.29) is 11.9 Å². The zero-order valence-corrected chi connectivity index (χ0v) is 6.04. The number of rotatable bonds is 1. The fourth-order valence-corrected chi connectivity index (χ4v) is 1.04. The topological polar surface area (TPSA) is 26.3 Å². The number of allylic oxidation sites excluding steroid dienone is 2. The third kappa shape index (κ3) is 1.59. The Labute approximate surface area is 60.9 Å². The first-order chi connectivity index (χ1) is 4.84. The molecule has 0 N–H and O–H groups in total. The molecule has 0 aromatic heterocycles. The molecular formula is C8H11O2. The average molecular weight is 139 g/mol. The van der Waals surface area contributed by atoms with Crippen molar-refractivity contribution in [1.29, 1.82) is 0 Å². The normalized spacial score (nSPS) is 24.3. The van der Waals surface area contributed by atoms with E-state index in [1.54, 1.807) is 0 Å². The van der Waals surface area contributed by atoms with E-state index in [1.807, 2.05) is 18.6 Å². The second kappa shape index (κ2) is 3.40. The lowest BCUT2D eigenvalue weighted by atomic mass is 9.95. The van der Waals surface area contributed by atoms with Crippen LogP contribution in [0.15, 0.2) is 12.2 Å². The van der Waals surface area contributed by atoms with Crippen LogP contribution in [0.4, 0.5) is 0 Å². The Morgan fingerprint density at radius 3 is 2.90 bits per heavy atom.